The molecular weight excluding hydrogens is 188 g/mol. The van der Waals surface area contributed by atoms with Crippen LogP contribution in [0.15, 0.2) is 35.3 Å². The van der Waals surface area contributed by atoms with Gasteiger partial charge in [-0.15, -0.1) is 0 Å². The molecule has 1 saturated heterocycles. The zero-order valence-electron chi connectivity index (χ0n) is 8.60. The lowest BCUT2D eigenvalue weighted by atomic mass is 10.2. The van der Waals surface area contributed by atoms with Crippen molar-refractivity contribution >= 4 is 12.2 Å². The van der Waals surface area contributed by atoms with Crippen LogP contribution in [0.5, 0.6) is 0 Å². The van der Waals surface area contributed by atoms with Crippen molar-refractivity contribution in [3.63, 3.8) is 0 Å². The Hall–Kier alpha value is -1.64. The van der Waals surface area contributed by atoms with Crippen LogP contribution in [0.4, 0.5) is 0 Å². The minimum absolute atomic E-state index is 0.164. The minimum atomic E-state index is -0.164. The normalized spacial score (nSPS) is 16.1. The van der Waals surface area contributed by atoms with Crippen molar-refractivity contribution in [2.45, 2.75) is 12.8 Å². The van der Waals surface area contributed by atoms with E-state index in [1.807, 2.05) is 18.2 Å². The number of nitrogens with zero attached hydrogens (tertiary/aromatic N) is 2. The molecule has 0 spiro atoms. The molecule has 1 heterocycles. The first-order valence-corrected chi connectivity index (χ1v) is 5.24. The van der Waals surface area contributed by atoms with Gasteiger partial charge in [-0.25, -0.2) is 0 Å². The van der Waals surface area contributed by atoms with Crippen LogP contribution in [-0.4, -0.2) is 30.2 Å². The van der Waals surface area contributed by atoms with E-state index in [4.69, 9.17) is 0 Å². The highest BCUT2D eigenvalue weighted by atomic mass is 16.1. The average Bonchev–Trinajstić information content (AvgIpc) is 2.80. The first kappa shape index (κ1) is 9.90. The summed E-state index contributed by atoms with van der Waals surface area (Å²) in [6, 6.07) is 9.14. The van der Waals surface area contributed by atoms with Crippen molar-refractivity contribution in [2.24, 2.45) is 4.99 Å². The van der Waals surface area contributed by atoms with Gasteiger partial charge in [0.25, 0.3) is 5.91 Å². The predicted molar refractivity (Wildman–Crippen MR) is 60.1 cm³/mol. The van der Waals surface area contributed by atoms with Crippen molar-refractivity contribution in [3.8, 4) is 0 Å². The van der Waals surface area contributed by atoms with E-state index in [0.717, 1.165) is 13.1 Å². The molecule has 0 saturated carbocycles. The number of carbonyl (C=O) groups excluding carboxylic acids is 1. The standard InChI is InChI=1S/C12H14N2O/c15-12(11-6-2-1-3-7-11)13-10-14-8-4-5-9-14/h1-3,6-7,10H,4-5,8-9H2. The maximum Gasteiger partial charge on any atom is 0.278 e. The Bertz CT molecular complexity index is 353. The Morgan fingerprint density at radius 1 is 1.20 bits per heavy atom. The lowest BCUT2D eigenvalue weighted by Crippen LogP contribution is -2.17. The molecule has 78 valence electrons. The molecule has 2 rings (SSSR count). The summed E-state index contributed by atoms with van der Waals surface area (Å²) < 4.78 is 0. The molecule has 1 aliphatic rings. The fourth-order valence-corrected chi connectivity index (χ4v) is 1.65. The monoisotopic (exact) mass is 202 g/mol. The molecule has 1 fully saturated rings. The molecule has 0 atom stereocenters. The molecule has 0 bridgehead atoms. The van der Waals surface area contributed by atoms with Crippen molar-refractivity contribution in [3.05, 3.63) is 35.9 Å². The van der Waals surface area contributed by atoms with E-state index in [-0.39, 0.29) is 5.91 Å². The summed E-state index contributed by atoms with van der Waals surface area (Å²) in [6.07, 6.45) is 4.07. The third-order valence-corrected chi connectivity index (χ3v) is 2.50. The number of benzene rings is 1. The summed E-state index contributed by atoms with van der Waals surface area (Å²) >= 11 is 0. The molecule has 0 unspecified atom stereocenters. The van der Waals surface area contributed by atoms with Gasteiger partial charge in [0.1, 0.15) is 0 Å². The highest BCUT2D eigenvalue weighted by Crippen LogP contribution is 2.05. The fourth-order valence-electron chi connectivity index (χ4n) is 1.65. The van der Waals surface area contributed by atoms with Crippen LogP contribution in [0.2, 0.25) is 0 Å². The summed E-state index contributed by atoms with van der Waals surface area (Å²) in [6.45, 7) is 2.04. The van der Waals surface area contributed by atoms with Gasteiger partial charge >= 0.3 is 0 Å². The van der Waals surface area contributed by atoms with Gasteiger partial charge in [-0.2, -0.15) is 4.99 Å². The number of hydrogen-bond acceptors (Lipinski definition) is 1. The summed E-state index contributed by atoms with van der Waals surface area (Å²) in [5.41, 5.74) is 0.646. The van der Waals surface area contributed by atoms with Crippen LogP contribution in [-0.2, 0) is 0 Å². The number of amides is 1. The molecule has 1 aromatic rings. The largest absolute Gasteiger partial charge is 0.362 e. The molecular formula is C12H14N2O. The Morgan fingerprint density at radius 3 is 2.53 bits per heavy atom. The van der Waals surface area contributed by atoms with Gasteiger partial charge in [-0.3, -0.25) is 4.79 Å². The van der Waals surface area contributed by atoms with Crippen molar-refractivity contribution in [2.75, 3.05) is 13.1 Å². The summed E-state index contributed by atoms with van der Waals surface area (Å²) in [7, 11) is 0. The first-order chi connectivity index (χ1) is 7.36. The molecule has 3 heteroatoms. The van der Waals surface area contributed by atoms with Gasteiger partial charge in [0.2, 0.25) is 0 Å². The van der Waals surface area contributed by atoms with Gasteiger partial charge in [-0.05, 0) is 25.0 Å². The van der Waals surface area contributed by atoms with Gasteiger partial charge < -0.3 is 4.90 Å². The molecule has 1 amide bonds. The second-order valence-corrected chi connectivity index (χ2v) is 3.66. The van der Waals surface area contributed by atoms with E-state index < -0.39 is 0 Å². The fraction of sp³-hybridized carbons (Fsp3) is 0.333. The molecule has 0 radical (unpaired) electrons. The number of rotatable bonds is 2. The van der Waals surface area contributed by atoms with E-state index in [1.165, 1.54) is 12.8 Å². The maximum atomic E-state index is 11.6. The summed E-state index contributed by atoms with van der Waals surface area (Å²) in [4.78, 5) is 17.6. The van der Waals surface area contributed by atoms with Gasteiger partial charge in [-0.1, -0.05) is 18.2 Å². The number of likely N-dealkylation sites (tertiary alicyclic amines) is 1. The van der Waals surface area contributed by atoms with Crippen LogP contribution in [0, 0.1) is 0 Å². The molecule has 0 N–H and O–H groups in total. The number of aliphatic imine (C=N–C) groups is 1. The van der Waals surface area contributed by atoms with Crippen molar-refractivity contribution in [1.29, 1.82) is 0 Å². The topological polar surface area (TPSA) is 32.7 Å². The highest BCUT2D eigenvalue weighted by molar-refractivity contribution is 5.98. The number of hydrogen-bond donors (Lipinski definition) is 0. The quantitative estimate of drug-likeness (QED) is 0.542. The Balaban J connectivity index is 1.97. The first-order valence-electron chi connectivity index (χ1n) is 5.24. The zero-order chi connectivity index (χ0) is 10.5. The summed E-state index contributed by atoms with van der Waals surface area (Å²) in [5, 5.41) is 0. The summed E-state index contributed by atoms with van der Waals surface area (Å²) in [5.74, 6) is -0.164. The van der Waals surface area contributed by atoms with Crippen molar-refractivity contribution < 1.29 is 4.79 Å². The van der Waals surface area contributed by atoms with E-state index in [2.05, 4.69) is 9.89 Å². The maximum absolute atomic E-state index is 11.6. The Kier molecular flexibility index (Phi) is 3.12. The Labute approximate surface area is 89.4 Å². The predicted octanol–water partition coefficient (Wildman–Crippen LogP) is 1.95. The lowest BCUT2D eigenvalue weighted by Gasteiger charge is -2.08. The second kappa shape index (κ2) is 4.73. The van der Waals surface area contributed by atoms with Gasteiger partial charge in [0.15, 0.2) is 0 Å². The molecule has 3 nitrogen and oxygen atoms in total. The lowest BCUT2D eigenvalue weighted by molar-refractivity contribution is 0.100. The van der Waals surface area contributed by atoms with Crippen molar-refractivity contribution in [1.82, 2.24) is 4.90 Å². The van der Waals surface area contributed by atoms with Crippen LogP contribution in [0.25, 0.3) is 0 Å². The highest BCUT2D eigenvalue weighted by Gasteiger charge is 2.08. The molecule has 15 heavy (non-hydrogen) atoms. The van der Waals surface area contributed by atoms with E-state index in [0.29, 0.717) is 5.56 Å². The van der Waals surface area contributed by atoms with Gasteiger partial charge in [0.05, 0.1) is 6.34 Å². The third kappa shape index (κ3) is 2.65. The average molecular weight is 202 g/mol. The van der Waals surface area contributed by atoms with Crippen LogP contribution < -0.4 is 0 Å². The van der Waals surface area contributed by atoms with Gasteiger partial charge in [0, 0.05) is 18.7 Å². The molecule has 1 aromatic carbocycles. The van der Waals surface area contributed by atoms with Crippen LogP contribution >= 0.6 is 0 Å². The smallest absolute Gasteiger partial charge is 0.278 e. The zero-order valence-corrected chi connectivity index (χ0v) is 8.60. The van der Waals surface area contributed by atoms with E-state index in [9.17, 15) is 4.79 Å². The van der Waals surface area contributed by atoms with Crippen LogP contribution in [0.3, 0.4) is 0 Å². The molecule has 1 aliphatic heterocycles. The third-order valence-electron chi connectivity index (χ3n) is 2.50. The SMILES string of the molecule is O=C(N=CN1CCCC1)c1ccccc1. The van der Waals surface area contributed by atoms with E-state index in [1.54, 1.807) is 18.5 Å². The van der Waals surface area contributed by atoms with E-state index >= 15 is 0 Å². The second-order valence-electron chi connectivity index (χ2n) is 3.66. The van der Waals surface area contributed by atoms with Crippen LogP contribution in [0.1, 0.15) is 23.2 Å². The number of carbonyl (C=O) groups is 1. The Morgan fingerprint density at radius 2 is 1.87 bits per heavy atom. The minimum Gasteiger partial charge on any atom is -0.362 e. The molecule has 0 aromatic heterocycles. The molecule has 0 aliphatic carbocycles.